The second-order valence-electron chi connectivity index (χ2n) is 8.17. The van der Waals surface area contributed by atoms with Crippen LogP contribution in [0.5, 0.6) is 0 Å². The number of carbonyl (C=O) groups excluding carboxylic acids is 1. The normalized spacial score (nSPS) is 13.8. The number of rotatable bonds is 4. The zero-order valence-electron chi connectivity index (χ0n) is 18.3. The molecule has 0 atom stereocenters. The molecule has 0 unspecified atom stereocenters. The van der Waals surface area contributed by atoms with Crippen LogP contribution in [0, 0.1) is 6.92 Å². The van der Waals surface area contributed by atoms with Crippen LogP contribution in [0.3, 0.4) is 0 Å². The van der Waals surface area contributed by atoms with Gasteiger partial charge in [0.25, 0.3) is 5.91 Å². The molecular formula is C27H24ClN3OS. The van der Waals surface area contributed by atoms with Gasteiger partial charge < -0.3 is 9.62 Å². The molecule has 0 spiro atoms. The second-order valence-corrected chi connectivity index (χ2v) is 9.69. The van der Waals surface area contributed by atoms with E-state index in [0.29, 0.717) is 16.3 Å². The van der Waals surface area contributed by atoms with Crippen molar-refractivity contribution < 1.29 is 4.79 Å². The molecule has 166 valence electrons. The highest BCUT2D eigenvalue weighted by Gasteiger charge is 2.16. The summed E-state index contributed by atoms with van der Waals surface area (Å²) in [5.74, 6) is 1.01. The molecule has 1 fully saturated rings. The van der Waals surface area contributed by atoms with Gasteiger partial charge in [0.1, 0.15) is 0 Å². The molecule has 6 heteroatoms. The van der Waals surface area contributed by atoms with Crippen LogP contribution in [0.15, 0.2) is 72.9 Å². The van der Waals surface area contributed by atoms with E-state index in [-0.39, 0.29) is 5.91 Å². The van der Waals surface area contributed by atoms with Crippen molar-refractivity contribution in [1.82, 2.24) is 4.98 Å². The summed E-state index contributed by atoms with van der Waals surface area (Å²) < 4.78 is 2.32. The summed E-state index contributed by atoms with van der Waals surface area (Å²) >= 11 is 8.40. The molecular weight excluding hydrogens is 450 g/mol. The lowest BCUT2D eigenvalue weighted by Gasteiger charge is -2.27. The van der Waals surface area contributed by atoms with Crippen LogP contribution in [0.1, 0.15) is 28.8 Å². The van der Waals surface area contributed by atoms with Gasteiger partial charge in [-0.1, -0.05) is 35.9 Å². The molecule has 3 aromatic carbocycles. The summed E-state index contributed by atoms with van der Waals surface area (Å²) in [6, 6.07) is 21.6. The third-order valence-electron chi connectivity index (χ3n) is 5.90. The lowest BCUT2D eigenvalue weighted by Crippen LogP contribution is -2.21. The number of pyridine rings is 1. The van der Waals surface area contributed by atoms with E-state index < -0.39 is 0 Å². The largest absolute Gasteiger partial charge is 0.322 e. The minimum absolute atomic E-state index is 0.135. The number of halogens is 1. The molecule has 33 heavy (non-hydrogen) atoms. The van der Waals surface area contributed by atoms with E-state index in [1.807, 2.05) is 67.4 Å². The van der Waals surface area contributed by atoms with Crippen molar-refractivity contribution in [1.29, 1.82) is 0 Å². The predicted octanol–water partition coefficient (Wildman–Crippen LogP) is 7.36. The van der Waals surface area contributed by atoms with Gasteiger partial charge in [0.05, 0.1) is 10.7 Å². The number of aromatic nitrogens is 1. The van der Waals surface area contributed by atoms with E-state index in [1.165, 1.54) is 12.8 Å². The van der Waals surface area contributed by atoms with Crippen LogP contribution in [0.2, 0.25) is 5.02 Å². The molecule has 1 amide bonds. The minimum Gasteiger partial charge on any atom is -0.322 e. The molecule has 2 heterocycles. The summed E-state index contributed by atoms with van der Waals surface area (Å²) in [5.41, 5.74) is 5.06. The zero-order chi connectivity index (χ0) is 22.8. The van der Waals surface area contributed by atoms with Gasteiger partial charge in [-0.05, 0) is 85.1 Å². The van der Waals surface area contributed by atoms with Crippen molar-refractivity contribution >= 4 is 51.6 Å². The zero-order valence-corrected chi connectivity index (χ0v) is 19.9. The molecule has 1 aliphatic rings. The van der Waals surface area contributed by atoms with Gasteiger partial charge >= 0.3 is 0 Å². The first-order valence-corrected chi connectivity index (χ1v) is 12.4. The highest BCUT2D eigenvalue weighted by atomic mass is 35.5. The molecule has 1 aromatic heterocycles. The van der Waals surface area contributed by atoms with Gasteiger partial charge in [0, 0.05) is 46.4 Å². The molecule has 0 saturated carbocycles. The Kier molecular flexibility index (Phi) is 6.25. The fourth-order valence-electron chi connectivity index (χ4n) is 4.18. The van der Waals surface area contributed by atoms with Gasteiger partial charge in [0.15, 0.2) is 0 Å². The Balaban J connectivity index is 1.41. The molecule has 0 radical (unpaired) electrons. The second kappa shape index (κ2) is 9.46. The van der Waals surface area contributed by atoms with Crippen LogP contribution in [-0.2, 0) is 0 Å². The number of carbonyl (C=O) groups is 1. The summed E-state index contributed by atoms with van der Waals surface area (Å²) in [5, 5.41) is 5.75. The predicted molar refractivity (Wildman–Crippen MR) is 140 cm³/mol. The molecule has 0 aliphatic carbocycles. The monoisotopic (exact) mass is 473 g/mol. The molecule has 1 aliphatic heterocycles. The van der Waals surface area contributed by atoms with Gasteiger partial charge in [-0.3, -0.25) is 9.78 Å². The maximum atomic E-state index is 13.1. The fourth-order valence-corrected chi connectivity index (χ4v) is 5.46. The first-order chi connectivity index (χ1) is 16.1. The van der Waals surface area contributed by atoms with Gasteiger partial charge in [0.2, 0.25) is 0 Å². The van der Waals surface area contributed by atoms with E-state index in [4.69, 9.17) is 11.6 Å². The average molecular weight is 474 g/mol. The van der Waals surface area contributed by atoms with Crippen molar-refractivity contribution in [3.8, 4) is 11.3 Å². The maximum Gasteiger partial charge on any atom is 0.255 e. The number of nitrogens with zero attached hydrogens (tertiary/aromatic N) is 2. The van der Waals surface area contributed by atoms with Crippen LogP contribution < -0.4 is 9.62 Å². The molecule has 4 nitrogen and oxygen atoms in total. The lowest BCUT2D eigenvalue weighted by molar-refractivity contribution is 0.102. The number of aryl methyl sites for hydroxylation is 1. The minimum atomic E-state index is -0.135. The Morgan fingerprint density at radius 3 is 2.76 bits per heavy atom. The van der Waals surface area contributed by atoms with Crippen molar-refractivity contribution in [2.75, 3.05) is 21.9 Å². The highest BCUT2D eigenvalue weighted by molar-refractivity contribution is 8.00. The Bertz CT molecular complexity index is 1330. The topological polar surface area (TPSA) is 45.2 Å². The van der Waals surface area contributed by atoms with Gasteiger partial charge in [-0.2, -0.15) is 0 Å². The molecule has 5 rings (SSSR count). The molecule has 1 saturated heterocycles. The first kappa shape index (κ1) is 21.8. The number of nitrogens with one attached hydrogen (secondary N) is 1. The number of fused-ring (bicyclic) bond motifs is 1. The number of amides is 1. The van der Waals surface area contributed by atoms with Crippen LogP contribution >= 0.6 is 23.5 Å². The number of hydrogen-bond donors (Lipinski definition) is 1. The smallest absolute Gasteiger partial charge is 0.255 e. The first-order valence-electron chi connectivity index (χ1n) is 11.1. The number of hydrogen-bond acceptors (Lipinski definition) is 4. The van der Waals surface area contributed by atoms with E-state index in [2.05, 4.69) is 26.7 Å². The SMILES string of the molecule is Cc1cc(N2CCCCS2)ccc1C(=O)Nc1ccc(Cl)c(-c2nccc3ccccc23)c1. The lowest BCUT2D eigenvalue weighted by atomic mass is 10.0. The summed E-state index contributed by atoms with van der Waals surface area (Å²) in [4.78, 5) is 17.7. The van der Waals surface area contributed by atoms with E-state index in [1.54, 1.807) is 12.3 Å². The standard InChI is InChI=1S/C27H24ClN3OS/c1-18-16-21(31-14-4-5-15-33-31)9-10-22(18)27(32)30-20-8-11-25(28)24(17-20)26-23-7-3-2-6-19(23)12-13-29-26/h2-3,6-13,16-17H,4-5,14-15H2,1H3,(H,30,32). The fraction of sp³-hybridized carbons (Fsp3) is 0.185. The number of benzene rings is 3. The molecule has 0 bridgehead atoms. The summed E-state index contributed by atoms with van der Waals surface area (Å²) in [6.45, 7) is 3.03. The summed E-state index contributed by atoms with van der Waals surface area (Å²) in [6.07, 6.45) is 4.25. The van der Waals surface area contributed by atoms with Crippen molar-refractivity contribution in [2.24, 2.45) is 0 Å². The van der Waals surface area contributed by atoms with Crippen molar-refractivity contribution in [2.45, 2.75) is 19.8 Å². The Morgan fingerprint density at radius 2 is 1.94 bits per heavy atom. The van der Waals surface area contributed by atoms with Crippen LogP contribution in [0.25, 0.3) is 22.0 Å². The Morgan fingerprint density at radius 1 is 1.06 bits per heavy atom. The highest BCUT2D eigenvalue weighted by Crippen LogP contribution is 2.34. The van der Waals surface area contributed by atoms with Crippen molar-refractivity contribution in [3.63, 3.8) is 0 Å². The van der Waals surface area contributed by atoms with Gasteiger partial charge in [-0.15, -0.1) is 0 Å². The van der Waals surface area contributed by atoms with Crippen LogP contribution in [0.4, 0.5) is 11.4 Å². The van der Waals surface area contributed by atoms with Crippen LogP contribution in [-0.4, -0.2) is 23.2 Å². The molecule has 4 aromatic rings. The summed E-state index contributed by atoms with van der Waals surface area (Å²) in [7, 11) is 0. The van der Waals surface area contributed by atoms with Crippen molar-refractivity contribution in [3.05, 3.63) is 89.1 Å². The third kappa shape index (κ3) is 4.56. The van der Waals surface area contributed by atoms with Gasteiger partial charge in [-0.25, -0.2) is 0 Å². The van der Waals surface area contributed by atoms with E-state index in [0.717, 1.165) is 45.6 Å². The van der Waals surface area contributed by atoms with E-state index in [9.17, 15) is 4.79 Å². The average Bonchev–Trinajstić information content (AvgIpc) is 2.85. The maximum absolute atomic E-state index is 13.1. The quantitative estimate of drug-likeness (QED) is 0.314. The third-order valence-corrected chi connectivity index (χ3v) is 7.40. The Labute approximate surface area is 203 Å². The van der Waals surface area contributed by atoms with E-state index >= 15 is 0 Å². The molecule has 1 N–H and O–H groups in total. The number of anilines is 2. The Hall–Kier alpha value is -3.02.